The molecule has 1 saturated carbocycles. The fourth-order valence-electron chi connectivity index (χ4n) is 2.39. The van der Waals surface area contributed by atoms with Crippen LogP contribution in [0.3, 0.4) is 0 Å². The van der Waals surface area contributed by atoms with Crippen LogP contribution in [0, 0.1) is 11.3 Å². The molecule has 5 nitrogen and oxygen atoms in total. The van der Waals surface area contributed by atoms with Crippen LogP contribution in [0.15, 0.2) is 0 Å². The summed E-state index contributed by atoms with van der Waals surface area (Å²) in [5.74, 6) is 0.526. The van der Waals surface area contributed by atoms with Gasteiger partial charge in [0.2, 0.25) is 10.0 Å². The summed E-state index contributed by atoms with van der Waals surface area (Å²) in [7, 11) is -3.23. The average Bonchev–Trinajstić information content (AvgIpc) is 2.15. The van der Waals surface area contributed by atoms with Crippen molar-refractivity contribution in [1.29, 1.82) is 5.41 Å². The van der Waals surface area contributed by atoms with E-state index in [1.165, 1.54) is 6.42 Å². The predicted molar refractivity (Wildman–Crippen MR) is 69.5 cm³/mol. The molecule has 0 aromatic rings. The molecule has 0 spiro atoms. The summed E-state index contributed by atoms with van der Waals surface area (Å²) in [6.07, 6.45) is 5.81. The van der Waals surface area contributed by atoms with Crippen molar-refractivity contribution in [2.45, 2.75) is 51.5 Å². The lowest BCUT2D eigenvalue weighted by Crippen LogP contribution is -2.38. The standard InChI is InChI=1S/C11H23N3O2S/c1-9(7-11(12)13)14-17(15,16)8-10-5-3-2-4-6-10/h9-10,14H,2-8H2,1H3,(H3,12,13). The van der Waals surface area contributed by atoms with Crippen LogP contribution in [0.1, 0.15) is 45.4 Å². The maximum Gasteiger partial charge on any atom is 0.212 e. The smallest absolute Gasteiger partial charge is 0.212 e. The minimum absolute atomic E-state index is 0.0119. The Morgan fingerprint density at radius 1 is 1.41 bits per heavy atom. The van der Waals surface area contributed by atoms with Crippen molar-refractivity contribution in [3.8, 4) is 0 Å². The van der Waals surface area contributed by atoms with Crippen LogP contribution in [0.4, 0.5) is 0 Å². The van der Waals surface area contributed by atoms with E-state index in [0.717, 1.165) is 25.7 Å². The molecular formula is C11H23N3O2S. The summed E-state index contributed by atoms with van der Waals surface area (Å²) in [5.41, 5.74) is 5.24. The Kier molecular flexibility index (Phi) is 5.39. The van der Waals surface area contributed by atoms with Gasteiger partial charge in [0.1, 0.15) is 0 Å². The van der Waals surface area contributed by atoms with Crippen molar-refractivity contribution in [3.63, 3.8) is 0 Å². The van der Waals surface area contributed by atoms with Crippen molar-refractivity contribution in [2.75, 3.05) is 5.75 Å². The Hall–Kier alpha value is -0.620. The van der Waals surface area contributed by atoms with Gasteiger partial charge in [0.15, 0.2) is 0 Å². The number of rotatable bonds is 6. The van der Waals surface area contributed by atoms with E-state index in [4.69, 9.17) is 11.1 Å². The van der Waals surface area contributed by atoms with Crippen LogP contribution < -0.4 is 10.5 Å². The van der Waals surface area contributed by atoms with Gasteiger partial charge in [0.25, 0.3) is 0 Å². The van der Waals surface area contributed by atoms with Gasteiger partial charge in [-0.05, 0) is 25.7 Å². The molecule has 0 bridgehead atoms. The zero-order chi connectivity index (χ0) is 12.9. The van der Waals surface area contributed by atoms with E-state index >= 15 is 0 Å². The van der Waals surface area contributed by atoms with Crippen molar-refractivity contribution in [3.05, 3.63) is 0 Å². The highest BCUT2D eigenvalue weighted by Gasteiger charge is 2.22. The first kappa shape index (κ1) is 14.4. The molecule has 0 aliphatic heterocycles. The van der Waals surface area contributed by atoms with E-state index in [0.29, 0.717) is 5.92 Å². The second-order valence-corrected chi connectivity index (χ2v) is 6.83. The summed E-state index contributed by atoms with van der Waals surface area (Å²) in [6.45, 7) is 1.74. The molecule has 0 aromatic carbocycles. The number of hydrogen-bond acceptors (Lipinski definition) is 3. The largest absolute Gasteiger partial charge is 0.388 e. The minimum atomic E-state index is -3.23. The van der Waals surface area contributed by atoms with Crippen molar-refractivity contribution in [1.82, 2.24) is 4.72 Å². The van der Waals surface area contributed by atoms with E-state index in [1.54, 1.807) is 6.92 Å². The van der Waals surface area contributed by atoms with E-state index in [1.807, 2.05) is 0 Å². The number of nitrogens with one attached hydrogen (secondary N) is 2. The zero-order valence-corrected chi connectivity index (χ0v) is 11.2. The maximum atomic E-state index is 11.9. The molecule has 1 aliphatic rings. The lowest BCUT2D eigenvalue weighted by Gasteiger charge is -2.22. The van der Waals surface area contributed by atoms with Gasteiger partial charge in [-0.3, -0.25) is 5.41 Å². The highest BCUT2D eigenvalue weighted by atomic mass is 32.2. The highest BCUT2D eigenvalue weighted by molar-refractivity contribution is 7.89. The molecule has 1 fully saturated rings. The molecule has 0 heterocycles. The molecule has 1 unspecified atom stereocenters. The molecule has 0 amide bonds. The third-order valence-corrected chi connectivity index (χ3v) is 4.76. The van der Waals surface area contributed by atoms with Crippen molar-refractivity contribution < 1.29 is 8.42 Å². The highest BCUT2D eigenvalue weighted by Crippen LogP contribution is 2.24. The summed E-state index contributed by atoms with van der Waals surface area (Å²) < 4.78 is 26.3. The summed E-state index contributed by atoms with van der Waals surface area (Å²) >= 11 is 0. The first-order chi connectivity index (χ1) is 7.89. The summed E-state index contributed by atoms with van der Waals surface area (Å²) in [5, 5.41) is 7.13. The topological polar surface area (TPSA) is 96.0 Å². The predicted octanol–water partition coefficient (Wildman–Crippen LogP) is 1.20. The molecule has 1 rings (SSSR count). The minimum Gasteiger partial charge on any atom is -0.388 e. The molecule has 0 saturated heterocycles. The SMILES string of the molecule is CC(CC(=N)N)NS(=O)(=O)CC1CCCCC1. The molecule has 0 radical (unpaired) electrons. The Balaban J connectivity index is 2.41. The van der Waals surface area contributed by atoms with Gasteiger partial charge in [-0.25, -0.2) is 13.1 Å². The van der Waals surface area contributed by atoms with Gasteiger partial charge < -0.3 is 5.73 Å². The zero-order valence-electron chi connectivity index (χ0n) is 10.4. The molecule has 100 valence electrons. The quantitative estimate of drug-likeness (QED) is 0.495. The fourth-order valence-corrected chi connectivity index (χ4v) is 4.14. The van der Waals surface area contributed by atoms with Gasteiger partial charge in [-0.2, -0.15) is 0 Å². The van der Waals surface area contributed by atoms with Crippen LogP contribution in [-0.4, -0.2) is 26.0 Å². The van der Waals surface area contributed by atoms with E-state index in [2.05, 4.69) is 4.72 Å². The van der Waals surface area contributed by atoms with E-state index in [-0.39, 0.29) is 24.1 Å². The van der Waals surface area contributed by atoms with Gasteiger partial charge in [-0.15, -0.1) is 0 Å². The summed E-state index contributed by atoms with van der Waals surface area (Å²) in [6, 6.07) is -0.291. The molecular weight excluding hydrogens is 238 g/mol. The lowest BCUT2D eigenvalue weighted by molar-refractivity contribution is 0.383. The first-order valence-corrected chi connectivity index (χ1v) is 7.87. The normalized spacial score (nSPS) is 20.1. The second-order valence-electron chi connectivity index (χ2n) is 5.03. The fraction of sp³-hybridized carbons (Fsp3) is 0.909. The Labute approximate surface area is 104 Å². The molecule has 4 N–H and O–H groups in total. The molecule has 17 heavy (non-hydrogen) atoms. The number of nitrogens with two attached hydrogens (primary N) is 1. The molecule has 1 aliphatic carbocycles. The number of sulfonamides is 1. The molecule has 0 aromatic heterocycles. The van der Waals surface area contributed by atoms with Crippen molar-refractivity contribution >= 4 is 15.9 Å². The summed E-state index contributed by atoms with van der Waals surface area (Å²) in [4.78, 5) is 0. The third kappa shape index (κ3) is 6.02. The average molecular weight is 261 g/mol. The van der Waals surface area contributed by atoms with Gasteiger partial charge in [-0.1, -0.05) is 19.3 Å². The Bertz CT molecular complexity index is 348. The maximum absolute atomic E-state index is 11.9. The molecule has 6 heteroatoms. The Morgan fingerprint density at radius 2 is 2.00 bits per heavy atom. The second kappa shape index (κ2) is 6.35. The van der Waals surface area contributed by atoms with Crippen LogP contribution in [-0.2, 0) is 10.0 Å². The monoisotopic (exact) mass is 261 g/mol. The van der Waals surface area contributed by atoms with Crippen LogP contribution in [0.2, 0.25) is 0 Å². The van der Waals surface area contributed by atoms with Crippen LogP contribution in [0.25, 0.3) is 0 Å². The van der Waals surface area contributed by atoms with Gasteiger partial charge >= 0.3 is 0 Å². The molecule has 1 atom stereocenters. The van der Waals surface area contributed by atoms with Gasteiger partial charge in [0, 0.05) is 12.5 Å². The number of amidine groups is 1. The Morgan fingerprint density at radius 3 is 2.53 bits per heavy atom. The van der Waals surface area contributed by atoms with Crippen molar-refractivity contribution in [2.24, 2.45) is 11.7 Å². The number of hydrogen-bond donors (Lipinski definition) is 3. The van der Waals surface area contributed by atoms with E-state index in [9.17, 15) is 8.42 Å². The third-order valence-electron chi connectivity index (χ3n) is 3.09. The van der Waals surface area contributed by atoms with E-state index < -0.39 is 10.0 Å². The van der Waals surface area contributed by atoms with Crippen LogP contribution >= 0.6 is 0 Å². The van der Waals surface area contributed by atoms with Gasteiger partial charge in [0.05, 0.1) is 11.6 Å². The first-order valence-electron chi connectivity index (χ1n) is 6.22. The van der Waals surface area contributed by atoms with Crippen LogP contribution in [0.5, 0.6) is 0 Å². The lowest BCUT2D eigenvalue weighted by atomic mass is 9.91.